The summed E-state index contributed by atoms with van der Waals surface area (Å²) < 4.78 is 14.3. The normalized spacial score (nSPS) is 29.8. The van der Waals surface area contributed by atoms with E-state index in [2.05, 4.69) is 10.2 Å². The predicted molar refractivity (Wildman–Crippen MR) is 73.7 cm³/mol. The van der Waals surface area contributed by atoms with Gasteiger partial charge in [-0.15, -0.1) is 0 Å². The molecule has 2 unspecified atom stereocenters. The Morgan fingerprint density at radius 3 is 2.63 bits per heavy atom. The van der Waals surface area contributed by atoms with Crippen molar-refractivity contribution in [1.29, 1.82) is 0 Å². The lowest BCUT2D eigenvalue weighted by Gasteiger charge is -2.40. The zero-order valence-corrected chi connectivity index (χ0v) is 11.3. The quantitative estimate of drug-likeness (QED) is 0.877. The van der Waals surface area contributed by atoms with E-state index < -0.39 is 0 Å². The van der Waals surface area contributed by atoms with Crippen LogP contribution in [0.2, 0.25) is 0 Å². The maximum Gasteiger partial charge on any atom is 0.146 e. The second-order valence-electron chi connectivity index (χ2n) is 5.70. The highest BCUT2D eigenvalue weighted by molar-refractivity contribution is 5.58. The van der Waals surface area contributed by atoms with Gasteiger partial charge in [0.1, 0.15) is 5.82 Å². The topological polar surface area (TPSA) is 35.5 Å². The molecule has 0 radical (unpaired) electrons. The molecule has 0 amide bonds. The van der Waals surface area contributed by atoms with Crippen molar-refractivity contribution in [3.8, 4) is 0 Å². The van der Waals surface area contributed by atoms with Gasteiger partial charge in [0.25, 0.3) is 0 Å². The van der Waals surface area contributed by atoms with Crippen molar-refractivity contribution in [3.63, 3.8) is 0 Å². The maximum atomic E-state index is 14.3. The van der Waals surface area contributed by atoms with Gasteiger partial charge in [-0.25, -0.2) is 4.39 Å². The van der Waals surface area contributed by atoms with Crippen LogP contribution in [0.4, 0.5) is 10.1 Å². The van der Waals surface area contributed by atoms with Gasteiger partial charge in [0, 0.05) is 18.6 Å². The highest BCUT2D eigenvalue weighted by Crippen LogP contribution is 2.41. The maximum absolute atomic E-state index is 14.3. The molecule has 2 atom stereocenters. The first-order chi connectivity index (χ1) is 9.20. The lowest BCUT2D eigenvalue weighted by molar-refractivity contribution is 0.126. The number of rotatable bonds is 3. The van der Waals surface area contributed by atoms with Crippen LogP contribution < -0.4 is 10.2 Å². The fourth-order valence-corrected chi connectivity index (χ4v) is 3.70. The van der Waals surface area contributed by atoms with Crippen molar-refractivity contribution < 1.29 is 9.50 Å². The smallest absolute Gasteiger partial charge is 0.146 e. The van der Waals surface area contributed by atoms with Crippen molar-refractivity contribution in [3.05, 3.63) is 29.6 Å². The number of fused-ring (bicyclic) bond motifs is 2. The second kappa shape index (κ2) is 5.10. The Kier molecular flexibility index (Phi) is 3.46. The van der Waals surface area contributed by atoms with E-state index in [1.807, 2.05) is 13.1 Å². The zero-order chi connectivity index (χ0) is 13.4. The Bertz CT molecular complexity index is 451. The summed E-state index contributed by atoms with van der Waals surface area (Å²) in [4.78, 5) is 2.23. The number of nitrogens with zero attached hydrogens (tertiary/aromatic N) is 1. The molecule has 0 spiro atoms. The van der Waals surface area contributed by atoms with E-state index in [1.165, 1.54) is 0 Å². The van der Waals surface area contributed by atoms with Crippen LogP contribution in [0, 0.1) is 5.82 Å². The van der Waals surface area contributed by atoms with E-state index in [-0.39, 0.29) is 11.9 Å². The number of anilines is 1. The average molecular weight is 264 g/mol. The van der Waals surface area contributed by atoms with Crippen molar-refractivity contribution in [2.24, 2.45) is 0 Å². The molecule has 2 heterocycles. The Morgan fingerprint density at radius 1 is 1.32 bits per heavy atom. The molecule has 2 aliphatic heterocycles. The van der Waals surface area contributed by atoms with E-state index >= 15 is 0 Å². The molecule has 4 heteroatoms. The number of nitrogens with one attached hydrogen (secondary N) is 1. The average Bonchev–Trinajstić information content (AvgIpc) is 2.63. The molecule has 3 nitrogen and oxygen atoms in total. The number of aliphatic hydroxyl groups is 1. The number of halogens is 1. The third-order valence-corrected chi connectivity index (χ3v) is 4.40. The molecular formula is C15H21FN2O. The largest absolute Gasteiger partial charge is 0.393 e. The minimum Gasteiger partial charge on any atom is -0.393 e. The molecule has 2 bridgehead atoms. The molecule has 0 saturated carbocycles. The summed E-state index contributed by atoms with van der Waals surface area (Å²) in [5, 5.41) is 13.0. The van der Waals surface area contributed by atoms with E-state index in [0.29, 0.717) is 18.6 Å². The summed E-state index contributed by atoms with van der Waals surface area (Å²) in [6.07, 6.45) is 3.45. The van der Waals surface area contributed by atoms with Crippen LogP contribution in [-0.2, 0) is 6.54 Å². The molecule has 2 aliphatic rings. The standard InChI is InChI=1S/C15H21FN2O/c1-17-9-10-3-2-4-14(16)15(10)18-11-5-6-12(18)8-13(19)7-11/h2-4,11-13,17,19H,5-9H2,1H3. The Morgan fingerprint density at radius 2 is 2.00 bits per heavy atom. The van der Waals surface area contributed by atoms with Crippen LogP contribution in [0.5, 0.6) is 0 Å². The summed E-state index contributed by atoms with van der Waals surface area (Å²) in [6.45, 7) is 0.672. The van der Waals surface area contributed by atoms with Gasteiger partial charge in [0.05, 0.1) is 11.8 Å². The third kappa shape index (κ3) is 2.23. The Hall–Kier alpha value is -1.13. The molecule has 0 aromatic heterocycles. The predicted octanol–water partition coefficient (Wildman–Crippen LogP) is 2.04. The lowest BCUT2D eigenvalue weighted by Crippen LogP contribution is -2.45. The summed E-state index contributed by atoms with van der Waals surface area (Å²) >= 11 is 0. The van der Waals surface area contributed by atoms with Gasteiger partial charge >= 0.3 is 0 Å². The molecule has 2 N–H and O–H groups in total. The molecule has 2 saturated heterocycles. The fraction of sp³-hybridized carbons (Fsp3) is 0.600. The highest BCUT2D eigenvalue weighted by atomic mass is 19.1. The first kappa shape index (κ1) is 12.9. The van der Waals surface area contributed by atoms with E-state index in [9.17, 15) is 9.50 Å². The molecule has 104 valence electrons. The first-order valence-corrected chi connectivity index (χ1v) is 7.09. The van der Waals surface area contributed by atoms with Crippen LogP contribution in [0.3, 0.4) is 0 Å². The fourth-order valence-electron chi connectivity index (χ4n) is 3.70. The van der Waals surface area contributed by atoms with Crippen molar-refractivity contribution >= 4 is 5.69 Å². The van der Waals surface area contributed by atoms with Crippen LogP contribution in [0.1, 0.15) is 31.2 Å². The molecule has 1 aromatic rings. The SMILES string of the molecule is CNCc1cccc(F)c1N1C2CCC1CC(O)C2. The Labute approximate surface area is 113 Å². The molecule has 0 aliphatic carbocycles. The summed E-state index contributed by atoms with van der Waals surface area (Å²) in [6, 6.07) is 5.88. The van der Waals surface area contributed by atoms with Gasteiger partial charge < -0.3 is 15.3 Å². The minimum absolute atomic E-state index is 0.138. The third-order valence-electron chi connectivity index (χ3n) is 4.40. The van der Waals surface area contributed by atoms with Crippen LogP contribution in [0.25, 0.3) is 0 Å². The molecule has 19 heavy (non-hydrogen) atoms. The molecule has 2 fully saturated rings. The molecule has 1 aromatic carbocycles. The number of hydrogen-bond acceptors (Lipinski definition) is 3. The van der Waals surface area contributed by atoms with Gasteiger partial charge in [0.15, 0.2) is 0 Å². The van der Waals surface area contributed by atoms with Gasteiger partial charge in [-0.3, -0.25) is 0 Å². The van der Waals surface area contributed by atoms with E-state index in [4.69, 9.17) is 0 Å². The molecule has 3 rings (SSSR count). The van der Waals surface area contributed by atoms with Crippen molar-refractivity contribution in [2.75, 3.05) is 11.9 Å². The highest BCUT2D eigenvalue weighted by Gasteiger charge is 2.41. The first-order valence-electron chi connectivity index (χ1n) is 7.09. The molecular weight excluding hydrogens is 243 g/mol. The number of piperidine rings is 1. The second-order valence-corrected chi connectivity index (χ2v) is 5.70. The number of benzene rings is 1. The van der Waals surface area contributed by atoms with Gasteiger partial charge in [0.2, 0.25) is 0 Å². The zero-order valence-electron chi connectivity index (χ0n) is 11.3. The van der Waals surface area contributed by atoms with Crippen LogP contribution >= 0.6 is 0 Å². The van der Waals surface area contributed by atoms with Crippen molar-refractivity contribution in [2.45, 2.75) is 50.4 Å². The van der Waals surface area contributed by atoms with E-state index in [1.54, 1.807) is 12.1 Å². The summed E-state index contributed by atoms with van der Waals surface area (Å²) in [5.41, 5.74) is 1.76. The van der Waals surface area contributed by atoms with Gasteiger partial charge in [-0.1, -0.05) is 12.1 Å². The summed E-state index contributed by atoms with van der Waals surface area (Å²) in [7, 11) is 1.88. The minimum atomic E-state index is -0.215. The van der Waals surface area contributed by atoms with E-state index in [0.717, 1.165) is 36.9 Å². The lowest BCUT2D eigenvalue weighted by atomic mass is 9.97. The van der Waals surface area contributed by atoms with Gasteiger partial charge in [-0.05, 0) is 44.4 Å². The number of aliphatic hydroxyl groups excluding tert-OH is 1. The number of hydrogen-bond donors (Lipinski definition) is 2. The van der Waals surface area contributed by atoms with Crippen LogP contribution in [-0.4, -0.2) is 30.3 Å². The Balaban J connectivity index is 1.98. The monoisotopic (exact) mass is 264 g/mol. The van der Waals surface area contributed by atoms with Gasteiger partial charge in [-0.2, -0.15) is 0 Å². The number of para-hydroxylation sites is 1. The van der Waals surface area contributed by atoms with Crippen LogP contribution in [0.15, 0.2) is 18.2 Å². The summed E-state index contributed by atoms with van der Waals surface area (Å²) in [5.74, 6) is -0.138. The van der Waals surface area contributed by atoms with Crippen molar-refractivity contribution in [1.82, 2.24) is 5.32 Å².